The van der Waals surface area contributed by atoms with Crippen LogP contribution in [0, 0.1) is 0 Å². The Kier molecular flexibility index (Phi) is 5.29. The van der Waals surface area contributed by atoms with Crippen LogP contribution in [0.15, 0.2) is 4.52 Å². The minimum Gasteiger partial charge on any atom is -0.444 e. The predicted molar refractivity (Wildman–Crippen MR) is 86.1 cm³/mol. The molecule has 0 saturated carbocycles. The molecular formula is C16H28N4O3. The Bertz CT molecular complexity index is 536. The number of nitrogens with zero attached hydrogens (tertiary/aromatic N) is 4. The third-order valence-electron chi connectivity index (χ3n) is 3.70. The second-order valence-corrected chi connectivity index (χ2v) is 7.46. The van der Waals surface area contributed by atoms with Gasteiger partial charge in [-0.3, -0.25) is 4.90 Å². The summed E-state index contributed by atoms with van der Waals surface area (Å²) in [7, 11) is 0. The molecule has 7 nitrogen and oxygen atoms in total. The lowest BCUT2D eigenvalue weighted by Crippen LogP contribution is -2.54. The molecule has 1 fully saturated rings. The fraction of sp³-hybridized carbons (Fsp3) is 0.812. The average molecular weight is 324 g/mol. The van der Waals surface area contributed by atoms with Crippen LogP contribution in [0.4, 0.5) is 4.79 Å². The number of aromatic nitrogens is 2. The van der Waals surface area contributed by atoms with Gasteiger partial charge >= 0.3 is 6.09 Å². The Labute approximate surface area is 138 Å². The van der Waals surface area contributed by atoms with Gasteiger partial charge in [-0.05, 0) is 27.7 Å². The van der Waals surface area contributed by atoms with Crippen molar-refractivity contribution in [2.24, 2.45) is 0 Å². The zero-order valence-corrected chi connectivity index (χ0v) is 15.0. The maximum absolute atomic E-state index is 12.2. The summed E-state index contributed by atoms with van der Waals surface area (Å²) in [5.41, 5.74) is -0.467. The quantitative estimate of drug-likeness (QED) is 0.851. The van der Waals surface area contributed by atoms with Crippen LogP contribution in [0.1, 0.15) is 59.2 Å². The number of rotatable bonds is 3. The summed E-state index contributed by atoms with van der Waals surface area (Å²) in [6.45, 7) is 14.5. The van der Waals surface area contributed by atoms with Crippen molar-refractivity contribution in [2.45, 2.75) is 65.6 Å². The molecule has 130 valence electrons. The third-order valence-corrected chi connectivity index (χ3v) is 3.70. The first-order valence-corrected chi connectivity index (χ1v) is 8.20. The van der Waals surface area contributed by atoms with E-state index in [-0.39, 0.29) is 18.1 Å². The van der Waals surface area contributed by atoms with Gasteiger partial charge in [-0.2, -0.15) is 4.98 Å². The van der Waals surface area contributed by atoms with Gasteiger partial charge in [-0.1, -0.05) is 19.0 Å². The smallest absolute Gasteiger partial charge is 0.410 e. The molecule has 1 aromatic heterocycles. The molecule has 1 aliphatic heterocycles. The highest BCUT2D eigenvalue weighted by atomic mass is 16.6. The Morgan fingerprint density at radius 3 is 2.61 bits per heavy atom. The molecule has 0 aromatic carbocycles. The number of ether oxygens (including phenoxy) is 1. The molecule has 2 heterocycles. The van der Waals surface area contributed by atoms with Gasteiger partial charge in [-0.15, -0.1) is 0 Å². The third kappa shape index (κ3) is 4.92. The Morgan fingerprint density at radius 1 is 1.39 bits per heavy atom. The summed E-state index contributed by atoms with van der Waals surface area (Å²) in [4.78, 5) is 20.6. The van der Waals surface area contributed by atoms with Gasteiger partial charge in [0.05, 0.1) is 6.54 Å². The molecule has 0 radical (unpaired) electrons. The zero-order chi connectivity index (χ0) is 17.2. The summed E-state index contributed by atoms with van der Waals surface area (Å²) in [6, 6.07) is 0.0890. The molecule has 7 heteroatoms. The van der Waals surface area contributed by atoms with Gasteiger partial charge in [0.2, 0.25) is 5.89 Å². The number of carbonyl (C=O) groups excluding carboxylic acids is 1. The number of carbonyl (C=O) groups is 1. The summed E-state index contributed by atoms with van der Waals surface area (Å²) in [5.74, 6) is 1.63. The lowest BCUT2D eigenvalue weighted by molar-refractivity contribution is -0.000450. The van der Waals surface area contributed by atoms with Crippen LogP contribution in [-0.2, 0) is 11.3 Å². The van der Waals surface area contributed by atoms with E-state index in [1.807, 2.05) is 41.5 Å². The molecule has 0 spiro atoms. The predicted octanol–water partition coefficient (Wildman–Crippen LogP) is 2.63. The van der Waals surface area contributed by atoms with Crippen LogP contribution < -0.4 is 0 Å². The maximum Gasteiger partial charge on any atom is 0.410 e. The standard InChI is InChI=1S/C16H28N4O3/c1-11(2)14-17-13(23-18-14)10-19-7-8-20(12(3)9-19)15(21)22-16(4,5)6/h11-12H,7-10H2,1-6H3/t12-/m1/s1. The summed E-state index contributed by atoms with van der Waals surface area (Å²) < 4.78 is 10.8. The fourth-order valence-electron chi connectivity index (χ4n) is 2.53. The van der Waals surface area contributed by atoms with Crippen LogP contribution in [0.5, 0.6) is 0 Å². The van der Waals surface area contributed by atoms with E-state index in [2.05, 4.69) is 15.0 Å². The molecule has 1 aromatic rings. The van der Waals surface area contributed by atoms with E-state index in [4.69, 9.17) is 9.26 Å². The maximum atomic E-state index is 12.2. The van der Waals surface area contributed by atoms with Crippen molar-refractivity contribution in [1.29, 1.82) is 0 Å². The second-order valence-electron chi connectivity index (χ2n) is 7.46. The van der Waals surface area contributed by atoms with Gasteiger partial charge in [0.15, 0.2) is 5.82 Å². The van der Waals surface area contributed by atoms with Crippen LogP contribution in [0.2, 0.25) is 0 Å². The monoisotopic (exact) mass is 324 g/mol. The summed E-state index contributed by atoms with van der Waals surface area (Å²) in [6.07, 6.45) is -0.246. The van der Waals surface area contributed by atoms with Gasteiger partial charge in [0.25, 0.3) is 0 Å². The van der Waals surface area contributed by atoms with Crippen molar-refractivity contribution in [3.8, 4) is 0 Å². The highest BCUT2D eigenvalue weighted by Gasteiger charge is 2.31. The number of piperazine rings is 1. The zero-order valence-electron chi connectivity index (χ0n) is 15.0. The summed E-state index contributed by atoms with van der Waals surface area (Å²) in [5, 5.41) is 3.99. The fourth-order valence-corrected chi connectivity index (χ4v) is 2.53. The van der Waals surface area contributed by atoms with E-state index >= 15 is 0 Å². The Hall–Kier alpha value is -1.63. The highest BCUT2D eigenvalue weighted by molar-refractivity contribution is 5.68. The van der Waals surface area contributed by atoms with Gasteiger partial charge < -0.3 is 14.2 Å². The van der Waals surface area contributed by atoms with Crippen molar-refractivity contribution in [3.63, 3.8) is 0 Å². The van der Waals surface area contributed by atoms with E-state index in [1.54, 1.807) is 4.90 Å². The first-order chi connectivity index (χ1) is 10.7. The van der Waals surface area contributed by atoms with E-state index in [0.717, 1.165) is 18.9 Å². The molecule has 0 N–H and O–H groups in total. The minimum absolute atomic E-state index is 0.0890. The molecule has 0 bridgehead atoms. The molecule has 2 rings (SSSR count). The first-order valence-electron chi connectivity index (χ1n) is 8.20. The van der Waals surface area contributed by atoms with Crippen molar-refractivity contribution in [1.82, 2.24) is 19.9 Å². The largest absolute Gasteiger partial charge is 0.444 e. The van der Waals surface area contributed by atoms with Gasteiger partial charge in [-0.25, -0.2) is 4.79 Å². The molecule has 0 unspecified atom stereocenters. The van der Waals surface area contributed by atoms with Crippen molar-refractivity contribution < 1.29 is 14.1 Å². The first kappa shape index (κ1) is 17.7. The van der Waals surface area contributed by atoms with Crippen LogP contribution in [-0.4, -0.2) is 57.3 Å². The van der Waals surface area contributed by atoms with Crippen molar-refractivity contribution >= 4 is 6.09 Å². The average Bonchev–Trinajstić information content (AvgIpc) is 2.85. The summed E-state index contributed by atoms with van der Waals surface area (Å²) >= 11 is 0. The SMILES string of the molecule is CC(C)c1noc(CN2CCN(C(=O)OC(C)(C)C)[C@H](C)C2)n1. The molecule has 1 saturated heterocycles. The van der Waals surface area contributed by atoms with E-state index in [1.165, 1.54) is 0 Å². The van der Waals surface area contributed by atoms with Crippen molar-refractivity contribution in [2.75, 3.05) is 19.6 Å². The van der Waals surface area contributed by atoms with Crippen LogP contribution >= 0.6 is 0 Å². The number of hydrogen-bond acceptors (Lipinski definition) is 6. The van der Waals surface area contributed by atoms with Crippen LogP contribution in [0.3, 0.4) is 0 Å². The molecule has 1 amide bonds. The lowest BCUT2D eigenvalue weighted by Gasteiger charge is -2.39. The van der Waals surface area contributed by atoms with Crippen LogP contribution in [0.25, 0.3) is 0 Å². The number of amides is 1. The Morgan fingerprint density at radius 2 is 2.09 bits per heavy atom. The highest BCUT2D eigenvalue weighted by Crippen LogP contribution is 2.17. The van der Waals surface area contributed by atoms with E-state index in [0.29, 0.717) is 19.0 Å². The van der Waals surface area contributed by atoms with Gasteiger partial charge in [0.1, 0.15) is 5.60 Å². The van der Waals surface area contributed by atoms with E-state index < -0.39 is 5.60 Å². The van der Waals surface area contributed by atoms with E-state index in [9.17, 15) is 4.79 Å². The minimum atomic E-state index is -0.467. The van der Waals surface area contributed by atoms with Crippen molar-refractivity contribution in [3.05, 3.63) is 11.7 Å². The molecule has 0 aliphatic carbocycles. The lowest BCUT2D eigenvalue weighted by atomic mass is 10.2. The second kappa shape index (κ2) is 6.86. The topological polar surface area (TPSA) is 71.7 Å². The van der Waals surface area contributed by atoms with Gasteiger partial charge in [0, 0.05) is 31.6 Å². The molecule has 1 aliphatic rings. The number of hydrogen-bond donors (Lipinski definition) is 0. The molecular weight excluding hydrogens is 296 g/mol. The molecule has 23 heavy (non-hydrogen) atoms. The molecule has 1 atom stereocenters. The Balaban J connectivity index is 1.89. The normalized spacial score (nSPS) is 20.1.